The number of rotatable bonds is 3. The number of hydrogen-bond acceptors (Lipinski definition) is 3. The lowest BCUT2D eigenvalue weighted by Crippen LogP contribution is -2.29. The van der Waals surface area contributed by atoms with Crippen molar-refractivity contribution in [3.05, 3.63) is 132 Å². The molecule has 1 aliphatic heterocycles. The van der Waals surface area contributed by atoms with Crippen molar-refractivity contribution >= 4 is 45.0 Å². The molecule has 178 valence electrons. The zero-order valence-electron chi connectivity index (χ0n) is 20.0. The van der Waals surface area contributed by atoms with Crippen LogP contribution in [0.15, 0.2) is 109 Å². The van der Waals surface area contributed by atoms with Gasteiger partial charge in [0.2, 0.25) is 0 Å². The number of anilines is 1. The average molecular weight is 491 g/mol. The van der Waals surface area contributed by atoms with Gasteiger partial charge >= 0.3 is 0 Å². The first-order valence-corrected chi connectivity index (χ1v) is 12.1. The zero-order valence-corrected chi connectivity index (χ0v) is 20.0. The topological polar surface area (TPSA) is 59.6 Å². The molecule has 0 saturated heterocycles. The molecule has 2 aromatic heterocycles. The Balaban J connectivity index is 1.54. The lowest BCUT2D eigenvalue weighted by Gasteiger charge is -2.14. The molecule has 0 saturated carbocycles. The van der Waals surface area contributed by atoms with Gasteiger partial charge in [0.15, 0.2) is 5.69 Å². The molecular weight excluding hydrogens is 472 g/mol. The van der Waals surface area contributed by atoms with Crippen LogP contribution < -0.4 is 4.90 Å². The van der Waals surface area contributed by atoms with E-state index >= 15 is 0 Å². The third-order valence-electron chi connectivity index (χ3n) is 7.05. The molecule has 6 aromatic rings. The number of para-hydroxylation sites is 2. The number of fused-ring (bicyclic) bond motifs is 4. The Morgan fingerprint density at radius 3 is 2.26 bits per heavy atom. The van der Waals surface area contributed by atoms with Crippen LogP contribution in [0.2, 0.25) is 0 Å². The highest BCUT2D eigenvalue weighted by molar-refractivity contribution is 6.35. The van der Waals surface area contributed by atoms with Gasteiger partial charge in [0.25, 0.3) is 11.8 Å². The Bertz CT molecular complexity index is 1980. The molecule has 0 fully saturated rings. The van der Waals surface area contributed by atoms with Gasteiger partial charge in [0.1, 0.15) is 0 Å². The van der Waals surface area contributed by atoms with Crippen molar-refractivity contribution in [3.8, 4) is 16.8 Å². The molecule has 6 heteroatoms. The molecule has 0 spiro atoms. The second-order valence-electron chi connectivity index (χ2n) is 9.04. The lowest BCUT2D eigenvalue weighted by atomic mass is 9.99. The molecule has 1 aliphatic rings. The molecule has 0 bridgehead atoms. The summed E-state index contributed by atoms with van der Waals surface area (Å²) in [5.74, 6) is -0.687. The molecule has 7 rings (SSSR count). The van der Waals surface area contributed by atoms with Crippen LogP contribution in [-0.2, 0) is 0 Å². The number of benzene rings is 4. The van der Waals surface area contributed by atoms with Gasteiger partial charge in [-0.2, -0.15) is 0 Å². The molecule has 3 heterocycles. The number of nitrogens with zero attached hydrogens (tertiary/aromatic N) is 4. The van der Waals surface area contributed by atoms with E-state index in [1.54, 1.807) is 36.7 Å². The molecule has 0 N–H and O–H groups in total. The smallest absolute Gasteiger partial charge is 0.268 e. The summed E-state index contributed by atoms with van der Waals surface area (Å²) in [6.07, 6.45) is 3.34. The molecule has 2 amide bonds. The second-order valence-corrected chi connectivity index (χ2v) is 9.04. The predicted octanol–water partition coefficient (Wildman–Crippen LogP) is 7.20. The Labute approximate surface area is 217 Å². The highest BCUT2D eigenvalue weighted by Crippen LogP contribution is 2.42. The van der Waals surface area contributed by atoms with E-state index in [0.717, 1.165) is 32.9 Å². The minimum Gasteiger partial charge on any atom is -0.308 e. The first-order chi connectivity index (χ1) is 18.7. The van der Waals surface area contributed by atoms with Crippen molar-refractivity contribution in [2.24, 2.45) is 0 Å². The molecule has 0 radical (unpaired) electrons. The van der Waals surface area contributed by atoms with Crippen LogP contribution in [0.5, 0.6) is 0 Å². The maximum Gasteiger partial charge on any atom is 0.268 e. The van der Waals surface area contributed by atoms with Crippen LogP contribution >= 0.6 is 0 Å². The van der Waals surface area contributed by atoms with Crippen molar-refractivity contribution in [2.45, 2.75) is 0 Å². The van der Waals surface area contributed by atoms with Gasteiger partial charge in [-0.15, -0.1) is 0 Å². The van der Waals surface area contributed by atoms with Gasteiger partial charge in [-0.1, -0.05) is 54.6 Å². The monoisotopic (exact) mass is 490 g/mol. The molecule has 0 unspecified atom stereocenters. The van der Waals surface area contributed by atoms with Crippen LogP contribution in [0.3, 0.4) is 0 Å². The van der Waals surface area contributed by atoms with Gasteiger partial charge < -0.3 is 4.57 Å². The summed E-state index contributed by atoms with van der Waals surface area (Å²) in [4.78, 5) is 36.5. The van der Waals surface area contributed by atoms with Crippen LogP contribution in [0.4, 0.5) is 11.4 Å². The largest absolute Gasteiger partial charge is 0.308 e. The van der Waals surface area contributed by atoms with E-state index in [-0.39, 0.29) is 11.8 Å². The fourth-order valence-electron chi connectivity index (χ4n) is 5.46. The molecule has 0 atom stereocenters. The molecular formula is C32H18N4O2. The van der Waals surface area contributed by atoms with E-state index in [2.05, 4.69) is 9.83 Å². The molecule has 0 aliphatic carbocycles. The van der Waals surface area contributed by atoms with Crippen molar-refractivity contribution in [3.63, 3.8) is 0 Å². The van der Waals surface area contributed by atoms with E-state index in [0.29, 0.717) is 28.2 Å². The zero-order chi connectivity index (χ0) is 25.8. The van der Waals surface area contributed by atoms with Gasteiger partial charge in [-0.3, -0.25) is 14.6 Å². The number of amides is 2. The SMILES string of the molecule is [C-]#[N+]c1ccncc1-c1cccc2c1c1ccccc1n2-c1cccc2c1C(=O)N(c1ccccc1)C2=O. The van der Waals surface area contributed by atoms with Crippen molar-refractivity contribution in [1.29, 1.82) is 0 Å². The maximum atomic E-state index is 13.8. The van der Waals surface area contributed by atoms with Crippen LogP contribution in [0.1, 0.15) is 20.7 Å². The quantitative estimate of drug-likeness (QED) is 0.195. The Morgan fingerprint density at radius 2 is 1.42 bits per heavy atom. The highest BCUT2D eigenvalue weighted by Gasteiger charge is 2.39. The summed E-state index contributed by atoms with van der Waals surface area (Å²) in [7, 11) is 0. The fraction of sp³-hybridized carbons (Fsp3) is 0. The average Bonchev–Trinajstić information content (AvgIpc) is 3.44. The van der Waals surface area contributed by atoms with Gasteiger partial charge in [-0.25, -0.2) is 9.74 Å². The first kappa shape index (κ1) is 21.7. The van der Waals surface area contributed by atoms with Gasteiger partial charge in [0, 0.05) is 28.7 Å². The van der Waals surface area contributed by atoms with E-state index in [1.165, 1.54) is 4.90 Å². The number of carbonyl (C=O) groups excluding carboxylic acids is 2. The summed E-state index contributed by atoms with van der Waals surface area (Å²) in [6, 6.07) is 30.0. The number of aromatic nitrogens is 2. The summed E-state index contributed by atoms with van der Waals surface area (Å²) in [6.45, 7) is 7.68. The molecule has 38 heavy (non-hydrogen) atoms. The summed E-state index contributed by atoms with van der Waals surface area (Å²) >= 11 is 0. The standard InChI is InChI=1S/C32H18N4O2/c1-33-25-17-18-34-19-24(25)21-12-7-15-27-29(21)22-11-5-6-14-26(22)36(27)28-16-8-13-23-30(28)32(38)35(31(23)37)20-9-3-2-4-10-20/h2-19H. The highest BCUT2D eigenvalue weighted by atomic mass is 16.2. The third kappa shape index (κ3) is 2.96. The second kappa shape index (κ2) is 8.26. The first-order valence-electron chi connectivity index (χ1n) is 12.1. The van der Waals surface area contributed by atoms with E-state index in [1.807, 2.05) is 77.4 Å². The van der Waals surface area contributed by atoms with E-state index in [9.17, 15) is 9.59 Å². The minimum absolute atomic E-state index is 0.337. The number of hydrogen-bond donors (Lipinski definition) is 0. The van der Waals surface area contributed by atoms with Crippen LogP contribution in [-0.4, -0.2) is 21.4 Å². The Morgan fingerprint density at radius 1 is 0.684 bits per heavy atom. The van der Waals surface area contributed by atoms with Crippen molar-refractivity contribution < 1.29 is 9.59 Å². The summed E-state index contributed by atoms with van der Waals surface area (Å²) in [5.41, 5.74) is 5.85. The minimum atomic E-state index is -0.351. The van der Waals surface area contributed by atoms with Crippen LogP contribution in [0.25, 0.3) is 43.5 Å². The summed E-state index contributed by atoms with van der Waals surface area (Å²) in [5, 5.41) is 1.93. The van der Waals surface area contributed by atoms with Crippen LogP contribution in [0, 0.1) is 6.57 Å². The normalized spacial score (nSPS) is 12.8. The van der Waals surface area contributed by atoms with Crippen molar-refractivity contribution in [2.75, 3.05) is 4.90 Å². The lowest BCUT2D eigenvalue weighted by molar-refractivity contribution is 0.0926. The predicted molar refractivity (Wildman–Crippen MR) is 148 cm³/mol. The third-order valence-corrected chi connectivity index (χ3v) is 7.05. The Kier molecular flexibility index (Phi) is 4.72. The van der Waals surface area contributed by atoms with Gasteiger partial charge in [0.05, 0.1) is 40.1 Å². The van der Waals surface area contributed by atoms with E-state index in [4.69, 9.17) is 6.57 Å². The number of imide groups is 1. The fourth-order valence-corrected chi connectivity index (χ4v) is 5.46. The summed E-state index contributed by atoms with van der Waals surface area (Å²) < 4.78 is 2.04. The maximum absolute atomic E-state index is 13.8. The number of pyridine rings is 1. The van der Waals surface area contributed by atoms with Crippen molar-refractivity contribution in [1.82, 2.24) is 9.55 Å². The van der Waals surface area contributed by atoms with E-state index < -0.39 is 0 Å². The molecule has 4 aromatic carbocycles. The Hall–Kier alpha value is -5.54. The number of carbonyl (C=O) groups is 2. The van der Waals surface area contributed by atoms with Gasteiger partial charge in [-0.05, 0) is 48.0 Å². The molecule has 6 nitrogen and oxygen atoms in total.